The fraction of sp³-hybridized carbons (Fsp3) is 0.286. The van der Waals surface area contributed by atoms with E-state index in [1.807, 2.05) is 42.5 Å². The number of carbonyl (C=O) groups is 2. The fourth-order valence-corrected chi connectivity index (χ4v) is 5.34. The Morgan fingerprint density at radius 3 is 2.35 bits per heavy atom. The lowest BCUT2D eigenvalue weighted by atomic mass is 9.92. The number of likely N-dealkylation sites (tertiary alicyclic amines) is 1. The quantitative estimate of drug-likeness (QED) is 0.323. The summed E-state index contributed by atoms with van der Waals surface area (Å²) in [5, 5.41) is 13.3. The molecule has 1 aliphatic heterocycles. The molecule has 0 radical (unpaired) electrons. The summed E-state index contributed by atoms with van der Waals surface area (Å²) in [6.45, 7) is 0. The topological polar surface area (TPSA) is 76.1 Å². The van der Waals surface area contributed by atoms with Crippen LogP contribution in [0.5, 0.6) is 11.5 Å². The number of hydrogen-bond acceptors (Lipinski definition) is 5. The molecule has 1 unspecified atom stereocenters. The van der Waals surface area contributed by atoms with E-state index in [9.17, 15) is 14.7 Å². The second kappa shape index (κ2) is 8.86. The van der Waals surface area contributed by atoms with Crippen LogP contribution in [0.3, 0.4) is 0 Å². The molecule has 174 valence electrons. The molecule has 1 heterocycles. The highest BCUT2D eigenvalue weighted by molar-refractivity contribution is 6.46. The van der Waals surface area contributed by atoms with Gasteiger partial charge in [-0.25, -0.2) is 0 Å². The number of nitrogens with zero attached hydrogens (tertiary/aromatic N) is 1. The van der Waals surface area contributed by atoms with Crippen molar-refractivity contribution in [2.45, 2.75) is 37.8 Å². The van der Waals surface area contributed by atoms with Crippen molar-refractivity contribution in [2.75, 3.05) is 14.2 Å². The molecule has 6 nitrogen and oxygen atoms in total. The second-order valence-electron chi connectivity index (χ2n) is 8.79. The van der Waals surface area contributed by atoms with Gasteiger partial charge in [0.2, 0.25) is 0 Å². The average Bonchev–Trinajstić information content (AvgIpc) is 3.49. The van der Waals surface area contributed by atoms with E-state index in [-0.39, 0.29) is 17.4 Å². The molecule has 0 spiro atoms. The zero-order chi connectivity index (χ0) is 23.8. The summed E-state index contributed by atoms with van der Waals surface area (Å²) in [4.78, 5) is 28.4. The van der Waals surface area contributed by atoms with Crippen LogP contribution in [0.2, 0.25) is 0 Å². The molecule has 1 saturated heterocycles. The maximum Gasteiger partial charge on any atom is 0.295 e. The number of Topliss-reactive ketones (excluding diaryl/α,β-unsaturated/α-hetero) is 1. The molecule has 0 aromatic heterocycles. The molecule has 1 N–H and O–H groups in total. The molecule has 1 saturated carbocycles. The Morgan fingerprint density at radius 1 is 0.912 bits per heavy atom. The highest BCUT2D eigenvalue weighted by Gasteiger charge is 2.49. The van der Waals surface area contributed by atoms with Gasteiger partial charge < -0.3 is 19.5 Å². The minimum Gasteiger partial charge on any atom is -0.507 e. The van der Waals surface area contributed by atoms with Crippen molar-refractivity contribution in [3.63, 3.8) is 0 Å². The predicted molar refractivity (Wildman–Crippen MR) is 130 cm³/mol. The third-order valence-corrected chi connectivity index (χ3v) is 6.97. The number of fused-ring (bicyclic) bond motifs is 1. The highest BCUT2D eigenvalue weighted by Crippen LogP contribution is 2.45. The van der Waals surface area contributed by atoms with Crippen LogP contribution in [0.25, 0.3) is 16.5 Å². The monoisotopic (exact) mass is 457 g/mol. The number of benzene rings is 3. The standard InChI is InChI=1S/C28H27NO5/c1-33-22-15-14-18(16-23(22)34-2)25-24(27(31)28(32)29(25)19-10-4-5-11-19)26(30)21-13-7-9-17-8-3-6-12-20(17)21/h3,6-9,12-16,19,25,30H,4-5,10-11H2,1-2H3/b26-24+. The molecule has 2 aliphatic rings. The van der Waals surface area contributed by atoms with E-state index in [1.165, 1.54) is 0 Å². The lowest BCUT2D eigenvalue weighted by Crippen LogP contribution is -2.37. The van der Waals surface area contributed by atoms with Gasteiger partial charge in [-0.15, -0.1) is 0 Å². The Kier molecular flexibility index (Phi) is 5.74. The van der Waals surface area contributed by atoms with Crippen molar-refractivity contribution in [3.05, 3.63) is 77.4 Å². The number of aliphatic hydroxyl groups excluding tert-OH is 1. The van der Waals surface area contributed by atoms with Crippen LogP contribution in [-0.4, -0.2) is 42.0 Å². The first-order valence-electron chi connectivity index (χ1n) is 11.5. The summed E-state index contributed by atoms with van der Waals surface area (Å²) in [7, 11) is 3.11. The van der Waals surface area contributed by atoms with E-state index in [0.717, 1.165) is 36.5 Å². The summed E-state index contributed by atoms with van der Waals surface area (Å²) in [5.41, 5.74) is 1.35. The number of amides is 1. The Balaban J connectivity index is 1.74. The highest BCUT2D eigenvalue weighted by atomic mass is 16.5. The maximum absolute atomic E-state index is 13.4. The normalized spacial score (nSPS) is 20.3. The number of methoxy groups -OCH3 is 2. The van der Waals surface area contributed by atoms with Crippen molar-refractivity contribution in [1.82, 2.24) is 4.90 Å². The van der Waals surface area contributed by atoms with Gasteiger partial charge >= 0.3 is 0 Å². The summed E-state index contributed by atoms with van der Waals surface area (Å²) < 4.78 is 10.9. The van der Waals surface area contributed by atoms with Gasteiger partial charge in [0.15, 0.2) is 11.5 Å². The molecule has 2 fully saturated rings. The molecular weight excluding hydrogens is 430 g/mol. The molecule has 1 aliphatic carbocycles. The molecule has 34 heavy (non-hydrogen) atoms. The molecule has 6 heteroatoms. The van der Waals surface area contributed by atoms with E-state index in [1.54, 1.807) is 37.3 Å². The van der Waals surface area contributed by atoms with Gasteiger partial charge in [0.05, 0.1) is 25.8 Å². The lowest BCUT2D eigenvalue weighted by molar-refractivity contribution is -0.141. The Bertz CT molecular complexity index is 1300. The molecule has 0 bridgehead atoms. The van der Waals surface area contributed by atoms with E-state index < -0.39 is 17.7 Å². The van der Waals surface area contributed by atoms with Crippen LogP contribution in [0.1, 0.15) is 42.9 Å². The summed E-state index contributed by atoms with van der Waals surface area (Å²) in [6.07, 6.45) is 3.70. The van der Waals surface area contributed by atoms with Crippen molar-refractivity contribution in [2.24, 2.45) is 0 Å². The van der Waals surface area contributed by atoms with Crippen LogP contribution < -0.4 is 9.47 Å². The van der Waals surface area contributed by atoms with E-state index in [4.69, 9.17) is 9.47 Å². The fourth-order valence-electron chi connectivity index (χ4n) is 5.34. The third kappa shape index (κ3) is 3.50. The van der Waals surface area contributed by atoms with Crippen molar-refractivity contribution in [3.8, 4) is 11.5 Å². The summed E-state index contributed by atoms with van der Waals surface area (Å²) in [5.74, 6) is -0.318. The minimum absolute atomic E-state index is 0.0487. The van der Waals surface area contributed by atoms with E-state index >= 15 is 0 Å². The van der Waals surface area contributed by atoms with Crippen molar-refractivity contribution < 1.29 is 24.2 Å². The van der Waals surface area contributed by atoms with Gasteiger partial charge in [0.1, 0.15) is 5.76 Å². The lowest BCUT2D eigenvalue weighted by Gasteiger charge is -2.31. The first-order chi connectivity index (χ1) is 16.5. The molecular formula is C28H27NO5. The molecule has 1 amide bonds. The van der Waals surface area contributed by atoms with E-state index in [0.29, 0.717) is 22.6 Å². The maximum atomic E-state index is 13.4. The molecule has 3 aromatic carbocycles. The molecule has 3 aromatic rings. The number of ketones is 1. The average molecular weight is 458 g/mol. The van der Waals surface area contributed by atoms with Crippen molar-refractivity contribution in [1.29, 1.82) is 0 Å². The smallest absolute Gasteiger partial charge is 0.295 e. The zero-order valence-corrected chi connectivity index (χ0v) is 19.3. The number of ether oxygens (including phenoxy) is 2. The Morgan fingerprint density at radius 2 is 1.62 bits per heavy atom. The van der Waals surface area contributed by atoms with Gasteiger partial charge in [-0.3, -0.25) is 9.59 Å². The Labute approximate surface area is 198 Å². The largest absolute Gasteiger partial charge is 0.507 e. The second-order valence-corrected chi connectivity index (χ2v) is 8.79. The summed E-state index contributed by atoms with van der Waals surface area (Å²) in [6, 6.07) is 17.9. The van der Waals surface area contributed by atoms with Gasteiger partial charge in [0, 0.05) is 11.6 Å². The van der Waals surface area contributed by atoms with Crippen molar-refractivity contribution >= 4 is 28.2 Å². The first kappa shape index (κ1) is 22.0. The van der Waals surface area contributed by atoms with E-state index in [2.05, 4.69) is 0 Å². The molecule has 5 rings (SSSR count). The van der Waals surface area contributed by atoms with Crippen LogP contribution in [0.4, 0.5) is 0 Å². The summed E-state index contributed by atoms with van der Waals surface area (Å²) >= 11 is 0. The zero-order valence-electron chi connectivity index (χ0n) is 19.3. The first-order valence-corrected chi connectivity index (χ1v) is 11.5. The number of rotatable bonds is 5. The van der Waals surface area contributed by atoms with Crippen LogP contribution in [0, 0.1) is 0 Å². The molecule has 1 atom stereocenters. The third-order valence-electron chi connectivity index (χ3n) is 6.97. The minimum atomic E-state index is -0.707. The number of carbonyl (C=O) groups excluding carboxylic acids is 2. The van der Waals surface area contributed by atoms with Crippen LogP contribution in [0.15, 0.2) is 66.2 Å². The van der Waals surface area contributed by atoms with Gasteiger partial charge in [0.25, 0.3) is 11.7 Å². The van der Waals surface area contributed by atoms with Gasteiger partial charge in [-0.05, 0) is 41.3 Å². The van der Waals surface area contributed by atoms with Crippen LogP contribution in [-0.2, 0) is 9.59 Å². The van der Waals surface area contributed by atoms with Crippen LogP contribution >= 0.6 is 0 Å². The SMILES string of the molecule is COc1ccc(C2/C(=C(\O)c3cccc4ccccc34)C(=O)C(=O)N2C2CCCC2)cc1OC. The number of hydrogen-bond donors (Lipinski definition) is 1. The predicted octanol–water partition coefficient (Wildman–Crippen LogP) is 5.22. The Hall–Kier alpha value is -3.80. The number of aliphatic hydroxyl groups is 1. The van der Waals surface area contributed by atoms with Gasteiger partial charge in [-0.1, -0.05) is 61.4 Å². The van der Waals surface area contributed by atoms with Gasteiger partial charge in [-0.2, -0.15) is 0 Å².